The highest BCUT2D eigenvalue weighted by Gasteiger charge is 2.42. The monoisotopic (exact) mass is 294 g/mol. The first kappa shape index (κ1) is 15.5. The van der Waals surface area contributed by atoms with Crippen LogP contribution in [0.5, 0.6) is 0 Å². The van der Waals surface area contributed by atoms with Crippen LogP contribution in [-0.2, 0) is 11.2 Å². The van der Waals surface area contributed by atoms with Gasteiger partial charge in [0.1, 0.15) is 0 Å². The van der Waals surface area contributed by atoms with Crippen molar-refractivity contribution < 1.29 is 4.79 Å². The second kappa shape index (κ2) is 6.72. The maximum atomic E-state index is 12.9. The van der Waals surface area contributed by atoms with E-state index < -0.39 is 0 Å². The molecule has 2 heterocycles. The number of rotatable bonds is 6. The highest BCUT2D eigenvalue weighted by Crippen LogP contribution is 2.33. The number of amides is 1. The number of thiophene rings is 1. The first-order chi connectivity index (χ1) is 9.59. The van der Waals surface area contributed by atoms with Gasteiger partial charge in [-0.05, 0) is 37.8 Å². The molecular formula is C16H26N2OS. The smallest absolute Gasteiger partial charge is 0.230 e. The van der Waals surface area contributed by atoms with Gasteiger partial charge in [-0.15, -0.1) is 11.3 Å². The molecule has 1 saturated heterocycles. The van der Waals surface area contributed by atoms with E-state index in [1.165, 1.54) is 4.88 Å². The van der Waals surface area contributed by atoms with Gasteiger partial charge >= 0.3 is 0 Å². The van der Waals surface area contributed by atoms with E-state index in [4.69, 9.17) is 0 Å². The molecule has 0 saturated carbocycles. The maximum absolute atomic E-state index is 12.9. The van der Waals surface area contributed by atoms with E-state index in [0.29, 0.717) is 5.91 Å². The van der Waals surface area contributed by atoms with Gasteiger partial charge in [-0.1, -0.05) is 19.4 Å². The molecule has 2 atom stereocenters. The quantitative estimate of drug-likeness (QED) is 0.875. The predicted molar refractivity (Wildman–Crippen MR) is 85.1 cm³/mol. The van der Waals surface area contributed by atoms with Gasteiger partial charge in [-0.2, -0.15) is 0 Å². The Morgan fingerprint density at radius 1 is 1.60 bits per heavy atom. The summed E-state index contributed by atoms with van der Waals surface area (Å²) in [6, 6.07) is 4.49. The average Bonchev–Trinajstić information content (AvgIpc) is 3.09. The van der Waals surface area contributed by atoms with E-state index in [1.807, 2.05) is 11.9 Å². The van der Waals surface area contributed by atoms with Crippen molar-refractivity contribution in [2.75, 3.05) is 20.1 Å². The summed E-state index contributed by atoms with van der Waals surface area (Å²) in [5, 5.41) is 5.47. The van der Waals surface area contributed by atoms with E-state index in [1.54, 1.807) is 11.3 Å². The van der Waals surface area contributed by atoms with E-state index in [2.05, 4.69) is 36.7 Å². The van der Waals surface area contributed by atoms with Crippen LogP contribution in [0, 0.1) is 5.41 Å². The van der Waals surface area contributed by atoms with Crippen LogP contribution in [0.3, 0.4) is 0 Å². The van der Waals surface area contributed by atoms with Crippen molar-refractivity contribution in [3.8, 4) is 0 Å². The lowest BCUT2D eigenvalue weighted by molar-refractivity contribution is -0.142. The maximum Gasteiger partial charge on any atom is 0.230 e. The summed E-state index contributed by atoms with van der Waals surface area (Å²) >= 11 is 1.77. The van der Waals surface area contributed by atoms with Crippen molar-refractivity contribution in [3.05, 3.63) is 22.4 Å². The highest BCUT2D eigenvalue weighted by atomic mass is 32.1. The number of hydrogen-bond donors (Lipinski definition) is 1. The van der Waals surface area contributed by atoms with Crippen molar-refractivity contribution in [1.82, 2.24) is 10.2 Å². The lowest BCUT2D eigenvalue weighted by atomic mass is 9.80. The molecule has 0 aromatic carbocycles. The normalized spacial score (nSPS) is 23.8. The zero-order valence-electron chi connectivity index (χ0n) is 12.8. The predicted octanol–water partition coefficient (Wildman–Crippen LogP) is 2.92. The molecule has 2 unspecified atom stereocenters. The first-order valence-corrected chi connectivity index (χ1v) is 8.47. The molecular weight excluding hydrogens is 268 g/mol. The Hall–Kier alpha value is -0.870. The molecule has 1 N–H and O–H groups in total. The van der Waals surface area contributed by atoms with Crippen LogP contribution in [0.15, 0.2) is 17.5 Å². The fourth-order valence-electron chi connectivity index (χ4n) is 3.16. The Bertz CT molecular complexity index is 424. The third-order valence-corrected chi connectivity index (χ3v) is 5.38. The lowest BCUT2D eigenvalue weighted by Gasteiger charge is -2.35. The number of hydrogen-bond acceptors (Lipinski definition) is 3. The molecule has 1 aliphatic heterocycles. The molecule has 1 aliphatic rings. The molecule has 1 fully saturated rings. The standard InChI is InChI=1S/C16H26N2OS/c1-4-7-16(8-9-17-12-16)15(19)18(3)13(2)11-14-6-5-10-20-14/h5-6,10,13,17H,4,7-9,11-12H2,1-3H3. The largest absolute Gasteiger partial charge is 0.342 e. The SMILES string of the molecule is CCCC1(C(=O)N(C)C(C)Cc2cccs2)CCNC1. The Morgan fingerprint density at radius 3 is 2.95 bits per heavy atom. The summed E-state index contributed by atoms with van der Waals surface area (Å²) in [5.74, 6) is 0.327. The minimum absolute atomic E-state index is 0.160. The van der Waals surface area contributed by atoms with Gasteiger partial charge in [0.2, 0.25) is 5.91 Å². The van der Waals surface area contributed by atoms with Crippen molar-refractivity contribution >= 4 is 17.2 Å². The molecule has 3 nitrogen and oxygen atoms in total. The summed E-state index contributed by atoms with van der Waals surface area (Å²) in [6.45, 7) is 6.14. The third-order valence-electron chi connectivity index (χ3n) is 4.48. The fraction of sp³-hybridized carbons (Fsp3) is 0.688. The van der Waals surface area contributed by atoms with Crippen LogP contribution in [-0.4, -0.2) is 37.0 Å². The summed E-state index contributed by atoms with van der Waals surface area (Å²) in [6.07, 6.45) is 4.00. The van der Waals surface area contributed by atoms with Gasteiger partial charge in [0.05, 0.1) is 5.41 Å². The summed E-state index contributed by atoms with van der Waals surface area (Å²) in [5.41, 5.74) is -0.160. The molecule has 4 heteroatoms. The Labute approximate surface area is 126 Å². The van der Waals surface area contributed by atoms with Gasteiger partial charge in [0.15, 0.2) is 0 Å². The summed E-state index contributed by atoms with van der Waals surface area (Å²) in [4.78, 5) is 16.2. The van der Waals surface area contributed by atoms with E-state index in [0.717, 1.165) is 38.8 Å². The van der Waals surface area contributed by atoms with Crippen LogP contribution < -0.4 is 5.32 Å². The van der Waals surface area contributed by atoms with Crippen molar-refractivity contribution in [2.45, 2.75) is 45.6 Å². The second-order valence-corrected chi connectivity index (χ2v) is 7.04. The number of likely N-dealkylation sites (N-methyl/N-ethyl adjacent to an activating group) is 1. The van der Waals surface area contributed by atoms with Crippen LogP contribution in [0.2, 0.25) is 0 Å². The van der Waals surface area contributed by atoms with E-state index in [9.17, 15) is 4.79 Å². The van der Waals surface area contributed by atoms with Crippen LogP contribution >= 0.6 is 11.3 Å². The lowest BCUT2D eigenvalue weighted by Crippen LogP contribution is -2.47. The molecule has 0 radical (unpaired) electrons. The Kier molecular flexibility index (Phi) is 5.22. The van der Waals surface area contributed by atoms with Crippen molar-refractivity contribution in [3.63, 3.8) is 0 Å². The van der Waals surface area contributed by atoms with Gasteiger partial charge in [-0.25, -0.2) is 0 Å². The fourth-order valence-corrected chi connectivity index (χ4v) is 3.98. The molecule has 0 aliphatic carbocycles. The zero-order chi connectivity index (χ0) is 14.6. The molecule has 2 rings (SSSR count). The topological polar surface area (TPSA) is 32.3 Å². The molecule has 0 spiro atoms. The molecule has 1 aromatic rings. The highest BCUT2D eigenvalue weighted by molar-refractivity contribution is 7.09. The minimum atomic E-state index is -0.160. The number of nitrogens with one attached hydrogen (secondary N) is 1. The third kappa shape index (κ3) is 3.23. The zero-order valence-corrected chi connectivity index (χ0v) is 13.6. The Morgan fingerprint density at radius 2 is 2.40 bits per heavy atom. The molecule has 1 aromatic heterocycles. The average molecular weight is 294 g/mol. The number of nitrogens with zero attached hydrogens (tertiary/aromatic N) is 1. The van der Waals surface area contributed by atoms with Gasteiger partial charge in [0.25, 0.3) is 0 Å². The number of carbonyl (C=O) groups excluding carboxylic acids is 1. The van der Waals surface area contributed by atoms with Crippen LogP contribution in [0.25, 0.3) is 0 Å². The van der Waals surface area contributed by atoms with E-state index in [-0.39, 0.29) is 11.5 Å². The van der Waals surface area contributed by atoms with Crippen LogP contribution in [0.4, 0.5) is 0 Å². The molecule has 20 heavy (non-hydrogen) atoms. The first-order valence-electron chi connectivity index (χ1n) is 7.59. The van der Waals surface area contributed by atoms with Gasteiger partial charge in [0, 0.05) is 30.9 Å². The summed E-state index contributed by atoms with van der Waals surface area (Å²) < 4.78 is 0. The summed E-state index contributed by atoms with van der Waals surface area (Å²) in [7, 11) is 1.97. The Balaban J connectivity index is 2.02. The minimum Gasteiger partial charge on any atom is -0.342 e. The van der Waals surface area contributed by atoms with E-state index >= 15 is 0 Å². The van der Waals surface area contributed by atoms with Gasteiger partial charge < -0.3 is 10.2 Å². The van der Waals surface area contributed by atoms with Crippen LogP contribution in [0.1, 0.15) is 38.0 Å². The second-order valence-electron chi connectivity index (χ2n) is 6.01. The number of carbonyl (C=O) groups is 1. The molecule has 1 amide bonds. The molecule has 112 valence electrons. The molecule has 0 bridgehead atoms. The van der Waals surface area contributed by atoms with Crippen molar-refractivity contribution in [2.24, 2.45) is 5.41 Å². The van der Waals surface area contributed by atoms with Gasteiger partial charge in [-0.3, -0.25) is 4.79 Å². The van der Waals surface area contributed by atoms with Crippen molar-refractivity contribution in [1.29, 1.82) is 0 Å².